The molecule has 0 bridgehead atoms. The molecule has 19 heavy (non-hydrogen) atoms. The number of likely N-dealkylation sites (tertiary alicyclic amines) is 1. The molecule has 2 atom stereocenters. The first-order chi connectivity index (χ1) is 9.10. The first kappa shape index (κ1) is 13.3. The van der Waals surface area contributed by atoms with Gasteiger partial charge in [0.15, 0.2) is 6.61 Å². The van der Waals surface area contributed by atoms with E-state index in [2.05, 4.69) is 0 Å². The maximum atomic E-state index is 11.8. The second-order valence-corrected chi connectivity index (χ2v) is 4.36. The Kier molecular flexibility index (Phi) is 4.00. The summed E-state index contributed by atoms with van der Waals surface area (Å²) in [6.07, 6.45) is -1.78. The third-order valence-electron chi connectivity index (χ3n) is 2.96. The number of amides is 1. The molecule has 2 N–H and O–H groups in total. The second-order valence-electron chi connectivity index (χ2n) is 4.36. The molecule has 1 saturated heterocycles. The minimum absolute atomic E-state index is 0.122. The molecule has 1 aliphatic rings. The van der Waals surface area contributed by atoms with E-state index in [1.807, 2.05) is 6.07 Å². The van der Waals surface area contributed by atoms with Gasteiger partial charge >= 0.3 is 0 Å². The van der Waals surface area contributed by atoms with E-state index in [1.165, 1.54) is 4.90 Å². The van der Waals surface area contributed by atoms with E-state index in [-0.39, 0.29) is 25.6 Å². The number of ether oxygens (including phenoxy) is 1. The van der Waals surface area contributed by atoms with E-state index < -0.39 is 12.2 Å². The number of β-amino-alcohol motifs (C(OH)–C–C–N with tert-alkyl or cyclic N) is 2. The Balaban J connectivity index is 1.85. The Bertz CT molecular complexity index is 484. The summed E-state index contributed by atoms with van der Waals surface area (Å²) >= 11 is 0. The number of rotatable bonds is 3. The fourth-order valence-corrected chi connectivity index (χ4v) is 1.84. The van der Waals surface area contributed by atoms with Crippen molar-refractivity contribution in [2.24, 2.45) is 0 Å². The molecule has 100 valence electrons. The SMILES string of the molecule is N#Cc1ccc(OCC(=O)N2CC(O)C(O)C2)cc1. The van der Waals surface area contributed by atoms with Crippen LogP contribution in [0.4, 0.5) is 0 Å². The summed E-state index contributed by atoms with van der Waals surface area (Å²) in [6.45, 7) is 0.0821. The van der Waals surface area contributed by atoms with Crippen molar-refractivity contribution in [3.63, 3.8) is 0 Å². The Morgan fingerprint density at radius 3 is 2.42 bits per heavy atom. The molecule has 1 amide bonds. The molecule has 0 aliphatic carbocycles. The number of nitriles is 1. The van der Waals surface area contributed by atoms with E-state index in [0.29, 0.717) is 11.3 Å². The monoisotopic (exact) mass is 262 g/mol. The molecule has 1 heterocycles. The van der Waals surface area contributed by atoms with Gasteiger partial charge in [-0.2, -0.15) is 5.26 Å². The lowest BCUT2D eigenvalue weighted by Gasteiger charge is -2.15. The van der Waals surface area contributed by atoms with Crippen molar-refractivity contribution in [2.45, 2.75) is 12.2 Å². The zero-order valence-corrected chi connectivity index (χ0v) is 10.2. The average molecular weight is 262 g/mol. The van der Waals surface area contributed by atoms with Crippen LogP contribution in [0.25, 0.3) is 0 Å². The molecule has 0 radical (unpaired) electrons. The minimum Gasteiger partial charge on any atom is -0.484 e. The average Bonchev–Trinajstić information content (AvgIpc) is 2.77. The summed E-state index contributed by atoms with van der Waals surface area (Å²) < 4.78 is 5.29. The Morgan fingerprint density at radius 2 is 1.89 bits per heavy atom. The predicted octanol–water partition coefficient (Wildman–Crippen LogP) is -0.499. The van der Waals surface area contributed by atoms with Crippen LogP contribution in [0.3, 0.4) is 0 Å². The number of hydrogen-bond acceptors (Lipinski definition) is 5. The number of carbonyl (C=O) groups is 1. The van der Waals surface area contributed by atoms with Gasteiger partial charge in [-0.25, -0.2) is 0 Å². The molecular formula is C13H14N2O4. The van der Waals surface area contributed by atoms with Gasteiger partial charge in [0.05, 0.1) is 23.8 Å². The lowest BCUT2D eigenvalue weighted by atomic mass is 10.2. The molecule has 6 heteroatoms. The standard InChI is InChI=1S/C13H14N2O4/c14-5-9-1-3-10(4-2-9)19-8-13(18)15-6-11(16)12(17)7-15/h1-4,11-12,16-17H,6-8H2. The summed E-state index contributed by atoms with van der Waals surface area (Å²) in [5, 5.41) is 27.3. The van der Waals surface area contributed by atoms with Crippen LogP contribution in [0.2, 0.25) is 0 Å². The first-order valence-corrected chi connectivity index (χ1v) is 5.87. The van der Waals surface area contributed by atoms with Gasteiger partial charge in [0.1, 0.15) is 5.75 Å². The molecule has 1 fully saturated rings. The van der Waals surface area contributed by atoms with Gasteiger partial charge in [0.25, 0.3) is 5.91 Å². The summed E-state index contributed by atoms with van der Waals surface area (Å²) in [7, 11) is 0. The van der Waals surface area contributed by atoms with Gasteiger partial charge < -0.3 is 19.8 Å². The number of hydrogen-bond donors (Lipinski definition) is 2. The molecule has 0 aromatic heterocycles. The van der Waals surface area contributed by atoms with Gasteiger partial charge in [-0.1, -0.05) is 0 Å². The smallest absolute Gasteiger partial charge is 0.260 e. The van der Waals surface area contributed by atoms with Crippen LogP contribution in [0.15, 0.2) is 24.3 Å². The number of benzene rings is 1. The van der Waals surface area contributed by atoms with E-state index in [9.17, 15) is 15.0 Å². The molecule has 0 spiro atoms. The van der Waals surface area contributed by atoms with Crippen molar-refractivity contribution < 1.29 is 19.7 Å². The quantitative estimate of drug-likeness (QED) is 0.766. The van der Waals surface area contributed by atoms with Gasteiger partial charge in [-0.15, -0.1) is 0 Å². The van der Waals surface area contributed by atoms with Crippen molar-refractivity contribution in [2.75, 3.05) is 19.7 Å². The highest BCUT2D eigenvalue weighted by Crippen LogP contribution is 2.13. The maximum Gasteiger partial charge on any atom is 0.260 e. The van der Waals surface area contributed by atoms with Crippen LogP contribution in [-0.4, -0.2) is 52.9 Å². The highest BCUT2D eigenvalue weighted by Gasteiger charge is 2.32. The topological polar surface area (TPSA) is 93.8 Å². The second kappa shape index (κ2) is 5.69. The maximum absolute atomic E-state index is 11.8. The van der Waals surface area contributed by atoms with Gasteiger partial charge in [0.2, 0.25) is 0 Å². The number of aliphatic hydroxyl groups excluding tert-OH is 2. The van der Waals surface area contributed by atoms with Crippen molar-refractivity contribution in [3.05, 3.63) is 29.8 Å². The summed E-state index contributed by atoms with van der Waals surface area (Å²) in [4.78, 5) is 13.1. The van der Waals surface area contributed by atoms with Crippen LogP contribution in [-0.2, 0) is 4.79 Å². The molecule has 2 unspecified atom stereocenters. The van der Waals surface area contributed by atoms with E-state index in [0.717, 1.165) is 0 Å². The normalized spacial score (nSPS) is 22.1. The van der Waals surface area contributed by atoms with Crippen LogP contribution in [0, 0.1) is 11.3 Å². The lowest BCUT2D eigenvalue weighted by molar-refractivity contribution is -0.132. The Labute approximate surface area is 110 Å². The fraction of sp³-hybridized carbons (Fsp3) is 0.385. The van der Waals surface area contributed by atoms with Gasteiger partial charge in [-0.05, 0) is 24.3 Å². The Hall–Kier alpha value is -2.10. The summed E-state index contributed by atoms with van der Waals surface area (Å²) in [6, 6.07) is 8.41. The van der Waals surface area contributed by atoms with Gasteiger partial charge in [0, 0.05) is 13.1 Å². The number of carbonyl (C=O) groups excluding carboxylic acids is 1. The summed E-state index contributed by atoms with van der Waals surface area (Å²) in [5.41, 5.74) is 0.518. The minimum atomic E-state index is -0.890. The molecule has 0 saturated carbocycles. The molecular weight excluding hydrogens is 248 g/mol. The van der Waals surface area contributed by atoms with Crippen LogP contribution in [0.5, 0.6) is 5.75 Å². The highest BCUT2D eigenvalue weighted by molar-refractivity contribution is 5.78. The fourth-order valence-electron chi connectivity index (χ4n) is 1.84. The first-order valence-electron chi connectivity index (χ1n) is 5.87. The molecule has 1 aliphatic heterocycles. The molecule has 1 aromatic rings. The molecule has 2 rings (SSSR count). The third kappa shape index (κ3) is 3.22. The van der Waals surface area contributed by atoms with Gasteiger partial charge in [-0.3, -0.25) is 4.79 Å². The summed E-state index contributed by atoms with van der Waals surface area (Å²) in [5.74, 6) is 0.201. The van der Waals surface area contributed by atoms with Crippen molar-refractivity contribution in [1.82, 2.24) is 4.90 Å². The van der Waals surface area contributed by atoms with Crippen LogP contribution in [0.1, 0.15) is 5.56 Å². The van der Waals surface area contributed by atoms with Crippen LogP contribution >= 0.6 is 0 Å². The van der Waals surface area contributed by atoms with E-state index in [1.54, 1.807) is 24.3 Å². The lowest BCUT2D eigenvalue weighted by Crippen LogP contribution is -2.33. The van der Waals surface area contributed by atoms with Crippen molar-refractivity contribution >= 4 is 5.91 Å². The van der Waals surface area contributed by atoms with Crippen molar-refractivity contribution in [1.29, 1.82) is 5.26 Å². The molecule has 1 aromatic carbocycles. The van der Waals surface area contributed by atoms with Crippen molar-refractivity contribution in [3.8, 4) is 11.8 Å². The van der Waals surface area contributed by atoms with E-state index >= 15 is 0 Å². The predicted molar refractivity (Wildman–Crippen MR) is 65.2 cm³/mol. The highest BCUT2D eigenvalue weighted by atomic mass is 16.5. The Morgan fingerprint density at radius 1 is 1.32 bits per heavy atom. The zero-order valence-electron chi connectivity index (χ0n) is 10.2. The number of nitrogens with zero attached hydrogens (tertiary/aromatic N) is 2. The third-order valence-corrected chi connectivity index (χ3v) is 2.96. The van der Waals surface area contributed by atoms with E-state index in [4.69, 9.17) is 10.00 Å². The largest absolute Gasteiger partial charge is 0.484 e. The van der Waals surface area contributed by atoms with Crippen LogP contribution < -0.4 is 4.74 Å². The zero-order chi connectivity index (χ0) is 13.8. The number of aliphatic hydroxyl groups is 2. The molecule has 6 nitrogen and oxygen atoms in total.